The topological polar surface area (TPSA) is 78.4 Å². The van der Waals surface area contributed by atoms with Gasteiger partial charge in [-0.15, -0.1) is 0 Å². The summed E-state index contributed by atoms with van der Waals surface area (Å²) in [5.41, 5.74) is 1.73. The molecule has 0 bridgehead atoms. The van der Waals surface area contributed by atoms with Crippen molar-refractivity contribution in [1.29, 1.82) is 0 Å². The highest BCUT2D eigenvalue weighted by Gasteiger charge is 2.22. The second kappa shape index (κ2) is 8.05. The number of rotatable bonds is 5. The number of carbonyl (C=O) groups is 2. The van der Waals surface area contributed by atoms with Gasteiger partial charge in [0.05, 0.1) is 0 Å². The predicted molar refractivity (Wildman–Crippen MR) is 99.8 cm³/mol. The number of aromatic nitrogens is 2. The minimum atomic E-state index is -0.0799. The highest BCUT2D eigenvalue weighted by molar-refractivity contribution is 5.95. The highest BCUT2D eigenvalue weighted by Crippen LogP contribution is 2.17. The summed E-state index contributed by atoms with van der Waals surface area (Å²) in [5.74, 6) is 0.443. The molecule has 0 atom stereocenters. The molecule has 0 spiro atoms. The highest BCUT2D eigenvalue weighted by atomic mass is 16.2. The summed E-state index contributed by atoms with van der Waals surface area (Å²) in [6.07, 6.45) is 1.38. The average Bonchev–Trinajstić information content (AvgIpc) is 2.68. The first-order chi connectivity index (χ1) is 12.6. The van der Waals surface area contributed by atoms with Crippen molar-refractivity contribution in [2.75, 3.05) is 38.0 Å². The molecule has 1 amide bonds. The smallest absolute Gasteiger partial charge is 0.272 e. The van der Waals surface area contributed by atoms with Crippen LogP contribution in [0.1, 0.15) is 34.7 Å². The van der Waals surface area contributed by atoms with Crippen LogP contribution in [0.25, 0.3) is 0 Å². The second-order valence-corrected chi connectivity index (χ2v) is 6.28. The van der Waals surface area contributed by atoms with Crippen molar-refractivity contribution < 1.29 is 9.59 Å². The van der Waals surface area contributed by atoms with Gasteiger partial charge in [-0.3, -0.25) is 9.59 Å². The molecule has 1 fully saturated rings. The molecular formula is C19H23N5O2. The molecule has 0 saturated carbocycles. The Morgan fingerprint density at radius 1 is 1.12 bits per heavy atom. The molecule has 136 valence electrons. The van der Waals surface area contributed by atoms with E-state index >= 15 is 0 Å². The summed E-state index contributed by atoms with van der Waals surface area (Å²) in [5, 5.41) is 3.13. The average molecular weight is 353 g/mol. The quantitative estimate of drug-likeness (QED) is 0.830. The van der Waals surface area contributed by atoms with E-state index in [-0.39, 0.29) is 11.7 Å². The van der Waals surface area contributed by atoms with E-state index in [1.807, 2.05) is 11.0 Å². The van der Waals surface area contributed by atoms with Gasteiger partial charge in [0.15, 0.2) is 5.78 Å². The number of anilines is 2. The number of amides is 1. The maximum atomic E-state index is 12.7. The van der Waals surface area contributed by atoms with Crippen molar-refractivity contribution in [1.82, 2.24) is 19.8 Å². The number of carbonyl (C=O) groups excluding carboxylic acids is 2. The molecule has 1 N–H and O–H groups in total. The van der Waals surface area contributed by atoms with Crippen LogP contribution in [0, 0.1) is 0 Å². The summed E-state index contributed by atoms with van der Waals surface area (Å²) in [7, 11) is 0. The molecule has 1 aromatic heterocycles. The van der Waals surface area contributed by atoms with Crippen LogP contribution in [-0.2, 0) is 0 Å². The van der Waals surface area contributed by atoms with Crippen LogP contribution in [0.5, 0.6) is 0 Å². The lowest BCUT2D eigenvalue weighted by Gasteiger charge is -2.33. The van der Waals surface area contributed by atoms with E-state index in [1.54, 1.807) is 24.3 Å². The summed E-state index contributed by atoms with van der Waals surface area (Å²) in [6.45, 7) is 7.84. The van der Waals surface area contributed by atoms with E-state index in [0.717, 1.165) is 25.3 Å². The lowest BCUT2D eigenvalue weighted by molar-refractivity contribution is 0.0637. The largest absolute Gasteiger partial charge is 0.340 e. The van der Waals surface area contributed by atoms with Gasteiger partial charge >= 0.3 is 0 Å². The number of Topliss-reactive ketones (excluding diaryl/α,β-unsaturated/α-hetero) is 1. The number of nitrogens with zero attached hydrogens (tertiary/aromatic N) is 4. The zero-order valence-corrected chi connectivity index (χ0v) is 15.1. The van der Waals surface area contributed by atoms with E-state index in [2.05, 4.69) is 27.1 Å². The minimum absolute atomic E-state index is 0.00146. The summed E-state index contributed by atoms with van der Waals surface area (Å²) < 4.78 is 0. The van der Waals surface area contributed by atoms with Gasteiger partial charge in [0, 0.05) is 43.5 Å². The Balaban J connectivity index is 1.71. The van der Waals surface area contributed by atoms with Crippen LogP contribution >= 0.6 is 0 Å². The second-order valence-electron chi connectivity index (χ2n) is 6.28. The molecule has 1 aliphatic rings. The first-order valence-electron chi connectivity index (χ1n) is 8.78. The molecule has 7 heteroatoms. The van der Waals surface area contributed by atoms with Gasteiger partial charge in [-0.25, -0.2) is 9.97 Å². The number of benzene rings is 1. The molecule has 7 nitrogen and oxygen atoms in total. The van der Waals surface area contributed by atoms with E-state index in [1.165, 1.54) is 13.3 Å². The summed E-state index contributed by atoms with van der Waals surface area (Å²) in [6, 6.07) is 8.82. The predicted octanol–water partition coefficient (Wildman–Crippen LogP) is 2.20. The van der Waals surface area contributed by atoms with Crippen molar-refractivity contribution in [3.63, 3.8) is 0 Å². The van der Waals surface area contributed by atoms with E-state index in [9.17, 15) is 9.59 Å². The van der Waals surface area contributed by atoms with Crippen molar-refractivity contribution in [2.45, 2.75) is 13.8 Å². The lowest BCUT2D eigenvalue weighted by Crippen LogP contribution is -2.48. The molecule has 2 heterocycles. The van der Waals surface area contributed by atoms with Gasteiger partial charge < -0.3 is 15.1 Å². The summed E-state index contributed by atoms with van der Waals surface area (Å²) in [4.78, 5) is 36.6. The number of likely N-dealkylation sites (N-methyl/N-ethyl adjacent to an activating group) is 1. The molecule has 26 heavy (non-hydrogen) atoms. The van der Waals surface area contributed by atoms with Gasteiger partial charge in [-0.1, -0.05) is 19.1 Å². The van der Waals surface area contributed by atoms with Gasteiger partial charge in [0.2, 0.25) is 0 Å². The molecule has 3 rings (SSSR count). The van der Waals surface area contributed by atoms with Crippen LogP contribution < -0.4 is 5.32 Å². The van der Waals surface area contributed by atoms with Crippen molar-refractivity contribution in [2.24, 2.45) is 0 Å². The van der Waals surface area contributed by atoms with Crippen LogP contribution in [0.15, 0.2) is 36.7 Å². The number of hydrogen-bond acceptors (Lipinski definition) is 6. The molecular weight excluding hydrogens is 330 g/mol. The summed E-state index contributed by atoms with van der Waals surface area (Å²) >= 11 is 0. The molecule has 1 saturated heterocycles. The van der Waals surface area contributed by atoms with E-state index < -0.39 is 0 Å². The molecule has 1 aliphatic heterocycles. The SMILES string of the molecule is CCN1CCN(C(=O)c2cc(Nc3cccc(C(C)=O)c3)ncn2)CC1. The maximum absolute atomic E-state index is 12.7. The monoisotopic (exact) mass is 353 g/mol. The Morgan fingerprint density at radius 3 is 2.58 bits per heavy atom. The number of nitrogens with one attached hydrogen (secondary N) is 1. The Hall–Kier alpha value is -2.80. The third-order valence-electron chi connectivity index (χ3n) is 4.53. The molecule has 0 radical (unpaired) electrons. The van der Waals surface area contributed by atoms with E-state index in [0.29, 0.717) is 30.2 Å². The normalized spacial score (nSPS) is 14.9. The van der Waals surface area contributed by atoms with Gasteiger partial charge in [-0.05, 0) is 25.6 Å². The third kappa shape index (κ3) is 4.23. The Kier molecular flexibility index (Phi) is 5.58. The fraction of sp³-hybridized carbons (Fsp3) is 0.368. The van der Waals surface area contributed by atoms with Gasteiger partial charge in [0.25, 0.3) is 5.91 Å². The van der Waals surface area contributed by atoms with Crippen LogP contribution in [0.2, 0.25) is 0 Å². The first kappa shape index (κ1) is 18.0. The minimum Gasteiger partial charge on any atom is -0.340 e. The van der Waals surface area contributed by atoms with Gasteiger partial charge in [-0.2, -0.15) is 0 Å². The standard InChI is InChI=1S/C19H23N5O2/c1-3-23-7-9-24(10-8-23)19(26)17-12-18(21-13-20-17)22-16-6-4-5-15(11-16)14(2)25/h4-6,11-13H,3,7-10H2,1-2H3,(H,20,21,22). The third-order valence-corrected chi connectivity index (χ3v) is 4.53. The molecule has 2 aromatic rings. The first-order valence-corrected chi connectivity index (χ1v) is 8.78. The zero-order valence-electron chi connectivity index (χ0n) is 15.1. The lowest BCUT2D eigenvalue weighted by atomic mass is 10.1. The number of piperazine rings is 1. The van der Waals surface area contributed by atoms with E-state index in [4.69, 9.17) is 0 Å². The van der Waals surface area contributed by atoms with Crippen LogP contribution in [0.3, 0.4) is 0 Å². The molecule has 0 unspecified atom stereocenters. The Labute approximate surface area is 153 Å². The fourth-order valence-electron chi connectivity index (χ4n) is 2.94. The number of ketones is 1. The maximum Gasteiger partial charge on any atom is 0.272 e. The Bertz CT molecular complexity index is 800. The van der Waals surface area contributed by atoms with Crippen LogP contribution in [0.4, 0.5) is 11.5 Å². The van der Waals surface area contributed by atoms with Gasteiger partial charge in [0.1, 0.15) is 17.8 Å². The number of hydrogen-bond donors (Lipinski definition) is 1. The van der Waals surface area contributed by atoms with Crippen molar-refractivity contribution >= 4 is 23.2 Å². The van der Waals surface area contributed by atoms with Crippen molar-refractivity contribution in [3.8, 4) is 0 Å². The fourth-order valence-corrected chi connectivity index (χ4v) is 2.94. The Morgan fingerprint density at radius 2 is 1.88 bits per heavy atom. The van der Waals surface area contributed by atoms with Crippen molar-refractivity contribution in [3.05, 3.63) is 47.9 Å². The molecule has 0 aliphatic carbocycles. The molecule has 1 aromatic carbocycles. The zero-order chi connectivity index (χ0) is 18.5. The van der Waals surface area contributed by atoms with Crippen LogP contribution in [-0.4, -0.2) is 64.2 Å².